The molecule has 4 rings (SSSR count). The topological polar surface area (TPSA) is 96.0 Å². The summed E-state index contributed by atoms with van der Waals surface area (Å²) in [6, 6.07) is 29.7. The Morgan fingerprint density at radius 3 is 1.95 bits per heavy atom. The Morgan fingerprint density at radius 1 is 0.795 bits per heavy atom. The molecule has 0 unspecified atom stereocenters. The predicted octanol–water partition coefficient (Wildman–Crippen LogP) is 6.52. The maximum atomic E-state index is 14.1. The highest BCUT2D eigenvalue weighted by Crippen LogP contribution is 2.28. The van der Waals surface area contributed by atoms with Crippen molar-refractivity contribution in [3.8, 4) is 11.5 Å². The molecule has 8 nitrogen and oxygen atoms in total. The van der Waals surface area contributed by atoms with E-state index in [-0.39, 0.29) is 29.0 Å². The Bertz CT molecular complexity index is 1630. The lowest BCUT2D eigenvalue weighted by Gasteiger charge is -2.32. The van der Waals surface area contributed by atoms with E-state index in [1.54, 1.807) is 73.7 Å². The summed E-state index contributed by atoms with van der Waals surface area (Å²) in [5, 5.41) is 3.42. The zero-order valence-corrected chi connectivity index (χ0v) is 26.5. The number of hydrogen-bond donors (Lipinski definition) is 1. The summed E-state index contributed by atoms with van der Waals surface area (Å²) in [4.78, 5) is 28.6. The average molecular weight is 634 g/mol. The fourth-order valence-corrected chi connectivity index (χ4v) is 5.94. The van der Waals surface area contributed by atoms with Gasteiger partial charge in [-0.05, 0) is 79.1 Å². The van der Waals surface area contributed by atoms with Gasteiger partial charge in [0.2, 0.25) is 11.8 Å². The first kappa shape index (κ1) is 32.6. The summed E-state index contributed by atoms with van der Waals surface area (Å²) in [6.45, 7) is 5.57. The quantitative estimate of drug-likeness (QED) is 0.181. The SMILES string of the molecule is CC(C)CNC(=O)[C@@H](C)N(Cc1ccc(Cl)cc1)C(=O)CN(c1ccc(Oc2ccccc2)cc1)S(=O)(=O)c1ccccc1. The lowest BCUT2D eigenvalue weighted by molar-refractivity contribution is -0.139. The first-order chi connectivity index (χ1) is 21.0. The summed E-state index contributed by atoms with van der Waals surface area (Å²) in [5.74, 6) is 0.471. The van der Waals surface area contributed by atoms with Crippen LogP contribution < -0.4 is 14.4 Å². The number of anilines is 1. The summed E-state index contributed by atoms with van der Waals surface area (Å²) < 4.78 is 34.9. The van der Waals surface area contributed by atoms with Crippen LogP contribution in [0.3, 0.4) is 0 Å². The van der Waals surface area contributed by atoms with Gasteiger partial charge in [0.15, 0.2) is 0 Å². The molecule has 1 N–H and O–H groups in total. The molecule has 44 heavy (non-hydrogen) atoms. The maximum absolute atomic E-state index is 14.1. The molecule has 0 radical (unpaired) electrons. The van der Waals surface area contributed by atoms with E-state index < -0.39 is 28.5 Å². The van der Waals surface area contributed by atoms with Gasteiger partial charge in [0, 0.05) is 18.1 Å². The molecule has 2 amide bonds. The number of carbonyl (C=O) groups excluding carboxylic acids is 2. The molecule has 0 heterocycles. The van der Waals surface area contributed by atoms with Crippen molar-refractivity contribution in [1.82, 2.24) is 10.2 Å². The van der Waals surface area contributed by atoms with Gasteiger partial charge in [0.1, 0.15) is 24.1 Å². The van der Waals surface area contributed by atoms with Crippen molar-refractivity contribution >= 4 is 39.1 Å². The first-order valence-electron chi connectivity index (χ1n) is 14.3. The van der Waals surface area contributed by atoms with Crippen LogP contribution in [0, 0.1) is 5.92 Å². The van der Waals surface area contributed by atoms with Crippen LogP contribution in [0.1, 0.15) is 26.3 Å². The van der Waals surface area contributed by atoms with Crippen molar-refractivity contribution in [1.29, 1.82) is 0 Å². The summed E-state index contributed by atoms with van der Waals surface area (Å²) in [5.41, 5.74) is 1.01. The molecule has 0 fully saturated rings. The molecular formula is C34H36ClN3O5S. The molecule has 230 valence electrons. The standard InChI is InChI=1S/C34H36ClN3O5S/c1-25(2)22-36-34(40)26(3)37(23-27-14-16-28(35)17-15-27)33(39)24-38(44(41,42)32-12-8-5-9-13-32)29-18-20-31(21-19-29)43-30-10-6-4-7-11-30/h4-21,25-26H,22-24H2,1-3H3,(H,36,40)/t26-/m1/s1. The number of nitrogens with zero attached hydrogens (tertiary/aromatic N) is 2. The van der Waals surface area contributed by atoms with Gasteiger partial charge in [-0.2, -0.15) is 0 Å². The molecule has 4 aromatic carbocycles. The van der Waals surface area contributed by atoms with Crippen LogP contribution in [0.4, 0.5) is 5.69 Å². The van der Waals surface area contributed by atoms with Gasteiger partial charge in [-0.3, -0.25) is 13.9 Å². The molecule has 0 saturated heterocycles. The zero-order valence-electron chi connectivity index (χ0n) is 24.9. The van der Waals surface area contributed by atoms with Crippen LogP contribution in [-0.4, -0.2) is 44.3 Å². The van der Waals surface area contributed by atoms with E-state index in [0.29, 0.717) is 23.1 Å². The summed E-state index contributed by atoms with van der Waals surface area (Å²) in [6.07, 6.45) is 0. The van der Waals surface area contributed by atoms with Crippen LogP contribution in [-0.2, 0) is 26.2 Å². The number of carbonyl (C=O) groups is 2. The number of hydrogen-bond acceptors (Lipinski definition) is 5. The number of rotatable bonds is 13. The molecular weight excluding hydrogens is 598 g/mol. The summed E-state index contributed by atoms with van der Waals surface area (Å²) >= 11 is 6.07. The van der Waals surface area contributed by atoms with Crippen molar-refractivity contribution < 1.29 is 22.7 Å². The van der Waals surface area contributed by atoms with E-state index in [4.69, 9.17) is 16.3 Å². The molecule has 0 saturated carbocycles. The fraction of sp³-hybridized carbons (Fsp3) is 0.235. The van der Waals surface area contributed by atoms with E-state index in [1.807, 2.05) is 44.2 Å². The normalized spacial score (nSPS) is 11.9. The second kappa shape index (κ2) is 14.9. The number of nitrogens with one attached hydrogen (secondary N) is 1. The average Bonchev–Trinajstić information content (AvgIpc) is 3.03. The van der Waals surface area contributed by atoms with Gasteiger partial charge in [0.05, 0.1) is 10.6 Å². The Kier molecular flexibility index (Phi) is 11.0. The number of benzene rings is 4. The molecule has 0 bridgehead atoms. The third kappa shape index (κ3) is 8.61. The van der Waals surface area contributed by atoms with E-state index in [0.717, 1.165) is 9.87 Å². The molecule has 0 aliphatic rings. The van der Waals surface area contributed by atoms with Crippen molar-refractivity contribution in [2.45, 2.75) is 38.3 Å². The second-order valence-electron chi connectivity index (χ2n) is 10.7. The third-order valence-corrected chi connectivity index (χ3v) is 8.87. The van der Waals surface area contributed by atoms with Crippen LogP contribution in [0.25, 0.3) is 0 Å². The Labute approximate surface area is 264 Å². The van der Waals surface area contributed by atoms with E-state index >= 15 is 0 Å². The van der Waals surface area contributed by atoms with Crippen LogP contribution in [0.2, 0.25) is 5.02 Å². The minimum Gasteiger partial charge on any atom is -0.457 e. The number of sulfonamides is 1. The van der Waals surface area contributed by atoms with Gasteiger partial charge in [-0.1, -0.05) is 74.0 Å². The lowest BCUT2D eigenvalue weighted by Crippen LogP contribution is -2.51. The molecule has 0 aromatic heterocycles. The van der Waals surface area contributed by atoms with E-state index in [9.17, 15) is 18.0 Å². The van der Waals surface area contributed by atoms with Gasteiger partial charge in [-0.15, -0.1) is 0 Å². The fourth-order valence-electron chi connectivity index (χ4n) is 4.38. The molecule has 0 aliphatic carbocycles. The van der Waals surface area contributed by atoms with Gasteiger partial charge in [-0.25, -0.2) is 8.42 Å². The third-order valence-electron chi connectivity index (χ3n) is 6.83. The van der Waals surface area contributed by atoms with E-state index in [1.165, 1.54) is 17.0 Å². The van der Waals surface area contributed by atoms with Crippen molar-refractivity contribution in [2.24, 2.45) is 5.92 Å². The maximum Gasteiger partial charge on any atom is 0.264 e. The largest absolute Gasteiger partial charge is 0.457 e. The second-order valence-corrected chi connectivity index (χ2v) is 13.0. The highest BCUT2D eigenvalue weighted by molar-refractivity contribution is 7.92. The number of halogens is 1. The molecule has 0 spiro atoms. The Balaban J connectivity index is 1.67. The monoisotopic (exact) mass is 633 g/mol. The smallest absolute Gasteiger partial charge is 0.264 e. The molecule has 0 aliphatic heterocycles. The Morgan fingerprint density at radius 2 is 1.36 bits per heavy atom. The van der Waals surface area contributed by atoms with Crippen LogP contribution >= 0.6 is 11.6 Å². The Hall–Kier alpha value is -4.34. The van der Waals surface area contributed by atoms with Crippen molar-refractivity contribution in [3.63, 3.8) is 0 Å². The van der Waals surface area contributed by atoms with Gasteiger partial charge < -0.3 is 15.0 Å². The zero-order chi connectivity index (χ0) is 31.7. The molecule has 4 aromatic rings. The molecule has 1 atom stereocenters. The van der Waals surface area contributed by atoms with Crippen molar-refractivity contribution in [3.05, 3.63) is 120 Å². The highest BCUT2D eigenvalue weighted by Gasteiger charge is 2.32. The molecule has 10 heteroatoms. The number of ether oxygens (including phenoxy) is 1. The van der Waals surface area contributed by atoms with Crippen LogP contribution in [0.15, 0.2) is 114 Å². The number of amides is 2. The first-order valence-corrected chi connectivity index (χ1v) is 16.1. The highest BCUT2D eigenvalue weighted by atomic mass is 35.5. The van der Waals surface area contributed by atoms with Crippen molar-refractivity contribution in [2.75, 3.05) is 17.4 Å². The predicted molar refractivity (Wildman–Crippen MR) is 173 cm³/mol. The van der Waals surface area contributed by atoms with Crippen LogP contribution in [0.5, 0.6) is 11.5 Å². The van der Waals surface area contributed by atoms with Gasteiger partial charge >= 0.3 is 0 Å². The minimum atomic E-state index is -4.17. The summed E-state index contributed by atoms with van der Waals surface area (Å²) in [7, 11) is -4.17. The minimum absolute atomic E-state index is 0.0318. The van der Waals surface area contributed by atoms with E-state index in [2.05, 4.69) is 5.32 Å². The number of para-hydroxylation sites is 1. The lowest BCUT2D eigenvalue weighted by atomic mass is 10.1. The van der Waals surface area contributed by atoms with Gasteiger partial charge in [0.25, 0.3) is 10.0 Å².